The lowest BCUT2D eigenvalue weighted by molar-refractivity contribution is -0.119. The normalized spacial score (nSPS) is 17.7. The molecule has 2 atom stereocenters. The Morgan fingerprint density at radius 3 is 2.47 bits per heavy atom. The molecule has 0 aliphatic carbocycles. The van der Waals surface area contributed by atoms with Crippen LogP contribution in [-0.4, -0.2) is 43.0 Å². The minimum Gasteiger partial charge on any atom is -0.493 e. The van der Waals surface area contributed by atoms with E-state index in [0.717, 1.165) is 16.1 Å². The van der Waals surface area contributed by atoms with Crippen molar-refractivity contribution in [1.29, 1.82) is 0 Å². The Labute approximate surface area is 191 Å². The van der Waals surface area contributed by atoms with Crippen LogP contribution in [0.2, 0.25) is 0 Å². The van der Waals surface area contributed by atoms with E-state index in [1.165, 1.54) is 11.3 Å². The van der Waals surface area contributed by atoms with E-state index in [4.69, 9.17) is 9.47 Å². The van der Waals surface area contributed by atoms with Gasteiger partial charge in [0.15, 0.2) is 16.6 Å². The van der Waals surface area contributed by atoms with Crippen molar-refractivity contribution in [2.75, 3.05) is 26.6 Å². The van der Waals surface area contributed by atoms with Crippen LogP contribution in [0.15, 0.2) is 42.5 Å². The number of aromatic nitrogens is 1. The Balaban J connectivity index is 1.82. The highest BCUT2D eigenvalue weighted by atomic mass is 32.1. The Hall–Kier alpha value is -3.39. The molecule has 0 saturated heterocycles. The Bertz CT molecular complexity index is 1170. The van der Waals surface area contributed by atoms with Crippen LogP contribution < -0.4 is 14.8 Å². The van der Waals surface area contributed by atoms with E-state index in [1.54, 1.807) is 38.3 Å². The minimum absolute atomic E-state index is 0.134. The highest BCUT2D eigenvalue weighted by Gasteiger charge is 2.43. The second kappa shape index (κ2) is 8.63. The average Bonchev–Trinajstić information content (AvgIpc) is 3.11. The lowest BCUT2D eigenvalue weighted by Gasteiger charge is -2.39. The molecule has 0 radical (unpaired) electrons. The molecule has 0 fully saturated rings. The van der Waals surface area contributed by atoms with Gasteiger partial charge in [-0.25, -0.2) is 4.98 Å². The predicted octanol–water partition coefficient (Wildman–Crippen LogP) is 4.33. The second-order valence-electron chi connectivity index (χ2n) is 7.69. The molecule has 4 rings (SSSR count). The van der Waals surface area contributed by atoms with Gasteiger partial charge in [0.1, 0.15) is 0 Å². The fourth-order valence-electron chi connectivity index (χ4n) is 4.12. The smallest absolute Gasteiger partial charge is 0.254 e. The van der Waals surface area contributed by atoms with Crippen molar-refractivity contribution < 1.29 is 19.1 Å². The molecular weight excluding hydrogens is 426 g/mol. The molecule has 0 bridgehead atoms. The molecule has 1 aliphatic heterocycles. The summed E-state index contributed by atoms with van der Waals surface area (Å²) in [4.78, 5) is 33.9. The van der Waals surface area contributed by atoms with Crippen LogP contribution in [0.5, 0.6) is 11.5 Å². The lowest BCUT2D eigenvalue weighted by Crippen LogP contribution is -2.44. The predicted molar refractivity (Wildman–Crippen MR) is 124 cm³/mol. The number of likely N-dealkylation sites (N-methyl/N-ethyl adjacent to an activating group) is 1. The van der Waals surface area contributed by atoms with Gasteiger partial charge in [-0.05, 0) is 43.2 Å². The monoisotopic (exact) mass is 451 g/mol. The van der Waals surface area contributed by atoms with Crippen LogP contribution in [0.25, 0.3) is 0 Å². The van der Waals surface area contributed by atoms with Crippen molar-refractivity contribution in [3.05, 3.63) is 69.7 Å². The lowest BCUT2D eigenvalue weighted by atomic mass is 9.79. The van der Waals surface area contributed by atoms with Crippen molar-refractivity contribution in [3.8, 4) is 11.5 Å². The number of aryl methyl sites for hydroxylation is 2. The van der Waals surface area contributed by atoms with Gasteiger partial charge in [-0.15, -0.1) is 11.3 Å². The summed E-state index contributed by atoms with van der Waals surface area (Å²) in [6.45, 7) is 3.88. The molecule has 0 unspecified atom stereocenters. The van der Waals surface area contributed by atoms with Crippen molar-refractivity contribution in [3.63, 3.8) is 0 Å². The Morgan fingerprint density at radius 2 is 1.81 bits per heavy atom. The molecule has 166 valence electrons. The van der Waals surface area contributed by atoms with Crippen LogP contribution in [0.1, 0.15) is 44.0 Å². The summed E-state index contributed by atoms with van der Waals surface area (Å²) in [5, 5.41) is 3.52. The van der Waals surface area contributed by atoms with Gasteiger partial charge in [0.25, 0.3) is 5.91 Å². The summed E-state index contributed by atoms with van der Waals surface area (Å²) in [7, 11) is 4.85. The number of methoxy groups -OCH3 is 2. The number of fused-ring (bicyclic) bond motifs is 1. The van der Waals surface area contributed by atoms with Gasteiger partial charge in [-0.1, -0.05) is 24.3 Å². The number of carbonyl (C=O) groups is 2. The number of amides is 2. The van der Waals surface area contributed by atoms with Crippen LogP contribution >= 0.6 is 11.3 Å². The van der Waals surface area contributed by atoms with Crippen LogP contribution in [0.4, 0.5) is 5.13 Å². The van der Waals surface area contributed by atoms with E-state index >= 15 is 0 Å². The van der Waals surface area contributed by atoms with Gasteiger partial charge in [0, 0.05) is 17.5 Å². The first-order valence-corrected chi connectivity index (χ1v) is 11.0. The Kier molecular flexibility index (Phi) is 5.88. The molecule has 1 aliphatic rings. The van der Waals surface area contributed by atoms with Crippen molar-refractivity contribution in [2.24, 2.45) is 0 Å². The molecule has 3 aromatic rings. The maximum Gasteiger partial charge on any atom is 0.254 e. The number of rotatable bonds is 5. The number of hydrogen-bond donors (Lipinski definition) is 1. The van der Waals surface area contributed by atoms with E-state index in [9.17, 15) is 9.59 Å². The molecule has 2 amide bonds. The molecule has 7 nitrogen and oxygen atoms in total. The van der Waals surface area contributed by atoms with E-state index in [0.29, 0.717) is 27.8 Å². The average molecular weight is 452 g/mol. The van der Waals surface area contributed by atoms with E-state index in [1.807, 2.05) is 44.2 Å². The summed E-state index contributed by atoms with van der Waals surface area (Å²) >= 11 is 1.44. The third-order valence-corrected chi connectivity index (χ3v) is 6.86. The molecule has 0 saturated carbocycles. The highest BCUT2D eigenvalue weighted by molar-refractivity contribution is 7.15. The van der Waals surface area contributed by atoms with Crippen molar-refractivity contribution in [1.82, 2.24) is 9.88 Å². The van der Waals surface area contributed by atoms with Crippen LogP contribution in [-0.2, 0) is 4.79 Å². The fourth-order valence-corrected chi connectivity index (χ4v) is 4.94. The first-order valence-electron chi connectivity index (χ1n) is 10.2. The third kappa shape index (κ3) is 3.71. The molecule has 1 aromatic heterocycles. The Morgan fingerprint density at radius 1 is 1.09 bits per heavy atom. The summed E-state index contributed by atoms with van der Waals surface area (Å²) in [5.41, 5.74) is 2.88. The summed E-state index contributed by atoms with van der Waals surface area (Å²) in [6, 6.07) is 12.2. The summed E-state index contributed by atoms with van der Waals surface area (Å²) in [5.74, 6) is 0.137. The summed E-state index contributed by atoms with van der Waals surface area (Å²) in [6.07, 6.45) is 0. The highest BCUT2D eigenvalue weighted by Crippen LogP contribution is 2.44. The molecule has 32 heavy (non-hydrogen) atoms. The van der Waals surface area contributed by atoms with Gasteiger partial charge in [0.2, 0.25) is 5.91 Å². The molecule has 2 aromatic carbocycles. The van der Waals surface area contributed by atoms with Gasteiger partial charge in [0.05, 0.1) is 31.9 Å². The maximum absolute atomic E-state index is 13.6. The minimum atomic E-state index is -0.628. The number of carbonyl (C=O) groups excluding carboxylic acids is 2. The van der Waals surface area contributed by atoms with Gasteiger partial charge >= 0.3 is 0 Å². The molecule has 8 heteroatoms. The molecule has 1 N–H and O–H groups in total. The first kappa shape index (κ1) is 21.8. The summed E-state index contributed by atoms with van der Waals surface area (Å²) < 4.78 is 10.8. The van der Waals surface area contributed by atoms with Crippen LogP contribution in [0.3, 0.4) is 0 Å². The number of ether oxygens (including phenoxy) is 2. The third-order valence-electron chi connectivity index (χ3n) is 5.87. The topological polar surface area (TPSA) is 80.8 Å². The zero-order chi connectivity index (χ0) is 23.0. The second-order valence-corrected chi connectivity index (χ2v) is 8.89. The largest absolute Gasteiger partial charge is 0.493 e. The van der Waals surface area contributed by atoms with Gasteiger partial charge in [-0.3, -0.25) is 9.59 Å². The van der Waals surface area contributed by atoms with Crippen LogP contribution in [0, 0.1) is 13.8 Å². The van der Waals surface area contributed by atoms with E-state index in [-0.39, 0.29) is 11.8 Å². The van der Waals surface area contributed by atoms with Crippen molar-refractivity contribution >= 4 is 28.3 Å². The number of nitrogens with one attached hydrogen (secondary N) is 1. The van der Waals surface area contributed by atoms with Gasteiger partial charge < -0.3 is 19.7 Å². The van der Waals surface area contributed by atoms with Crippen molar-refractivity contribution in [2.45, 2.75) is 25.8 Å². The number of nitrogens with zero attached hydrogens (tertiary/aromatic N) is 2. The van der Waals surface area contributed by atoms with E-state index in [2.05, 4.69) is 10.3 Å². The maximum atomic E-state index is 13.6. The molecule has 0 spiro atoms. The zero-order valence-electron chi connectivity index (χ0n) is 18.6. The number of anilines is 1. The van der Waals surface area contributed by atoms with E-state index < -0.39 is 12.0 Å². The zero-order valence-corrected chi connectivity index (χ0v) is 19.4. The number of hydrogen-bond acceptors (Lipinski definition) is 6. The molecular formula is C24H25N3O4S. The number of thiazole rings is 1. The SMILES string of the molecule is COc1ccc([C@H]2[C@@H](C(=O)Nc3nc(C)c(C)s3)c3ccccc3C(=O)N2C)cc1OC. The number of benzene rings is 2. The first-order chi connectivity index (χ1) is 15.3. The quantitative estimate of drug-likeness (QED) is 0.625. The standard InChI is InChI=1S/C24H25N3O4S/c1-13-14(2)32-24(25-13)26-22(28)20-16-8-6-7-9-17(16)23(29)27(3)21(20)15-10-11-18(30-4)19(12-15)31-5/h6-12,20-21H,1-5H3,(H,25,26,28)/t20-,21-/m0/s1. The fraction of sp³-hybridized carbons (Fsp3) is 0.292. The van der Waals surface area contributed by atoms with Gasteiger partial charge in [-0.2, -0.15) is 0 Å². The molecule has 2 heterocycles.